The third kappa shape index (κ3) is 8.50. The molecule has 0 fully saturated rings. The van der Waals surface area contributed by atoms with Gasteiger partial charge in [-0.25, -0.2) is 4.79 Å². The second-order valence-electron chi connectivity index (χ2n) is 6.34. The van der Waals surface area contributed by atoms with Crippen LogP contribution in [0.4, 0.5) is 10.5 Å². The predicted octanol–water partition coefficient (Wildman–Crippen LogP) is 4.36. The lowest BCUT2D eigenvalue weighted by atomic mass is 10.0. The van der Waals surface area contributed by atoms with E-state index in [9.17, 15) is 19.0 Å². The molecule has 156 valence electrons. The summed E-state index contributed by atoms with van der Waals surface area (Å²) < 4.78 is 17.5. The van der Waals surface area contributed by atoms with Gasteiger partial charge in [-0.15, -0.1) is 0 Å². The number of halogens is 1. The quantitative estimate of drug-likeness (QED) is 0.436. The molecule has 2 amide bonds. The van der Waals surface area contributed by atoms with Gasteiger partial charge < -0.3 is 20.1 Å². The summed E-state index contributed by atoms with van der Waals surface area (Å²) in [7, 11) is -3.82. The summed E-state index contributed by atoms with van der Waals surface area (Å²) in [6.07, 6.45) is -0.192. The second-order valence-corrected chi connectivity index (χ2v) is 9.24. The topological polar surface area (TPSA) is 105 Å². The van der Waals surface area contributed by atoms with Gasteiger partial charge in [0.25, 0.3) is 0 Å². The zero-order chi connectivity index (χ0) is 21.3. The van der Waals surface area contributed by atoms with Gasteiger partial charge in [0.2, 0.25) is 0 Å². The first-order valence-corrected chi connectivity index (χ1v) is 11.7. The number of ketones is 1. The van der Waals surface area contributed by atoms with E-state index in [2.05, 4.69) is 26.6 Å². The molecule has 2 rings (SSSR count). The van der Waals surface area contributed by atoms with Gasteiger partial charge in [-0.05, 0) is 43.2 Å². The minimum Gasteiger partial charge on any atom is -0.328 e. The smallest absolute Gasteiger partial charge is 0.328 e. The Morgan fingerprint density at radius 3 is 2.41 bits per heavy atom. The van der Waals surface area contributed by atoms with Gasteiger partial charge in [0, 0.05) is 16.6 Å². The Bertz CT molecular complexity index is 861. The highest BCUT2D eigenvalue weighted by Gasteiger charge is 2.26. The van der Waals surface area contributed by atoms with E-state index < -0.39 is 19.7 Å². The van der Waals surface area contributed by atoms with Crippen LogP contribution in [0.1, 0.15) is 18.9 Å². The molecule has 2 aromatic carbocycles. The minimum atomic E-state index is -3.82. The second kappa shape index (κ2) is 11.3. The van der Waals surface area contributed by atoms with E-state index in [4.69, 9.17) is 4.52 Å². The molecule has 29 heavy (non-hydrogen) atoms. The molecule has 0 saturated heterocycles. The van der Waals surface area contributed by atoms with Crippen LogP contribution in [0.5, 0.6) is 0 Å². The summed E-state index contributed by atoms with van der Waals surface area (Å²) in [6, 6.07) is 14.9. The summed E-state index contributed by atoms with van der Waals surface area (Å²) in [5.74, 6) is -0.339. The number of Topliss-reactive ketones (excluding diaryl/α,β-unsaturated/α-hetero) is 1. The van der Waals surface area contributed by atoms with Gasteiger partial charge in [-0.2, -0.15) is 0 Å². The minimum absolute atomic E-state index is 0.0866. The van der Waals surface area contributed by atoms with E-state index >= 15 is 0 Å². The molecule has 2 aromatic rings. The molecule has 0 aromatic heterocycles. The molecule has 3 N–H and O–H groups in total. The third-order valence-corrected chi connectivity index (χ3v) is 6.03. The highest BCUT2D eigenvalue weighted by atomic mass is 79.9. The van der Waals surface area contributed by atoms with Crippen LogP contribution in [0, 0.1) is 0 Å². The number of anilines is 1. The van der Waals surface area contributed by atoms with Crippen LogP contribution in [-0.4, -0.2) is 35.5 Å². The lowest BCUT2D eigenvalue weighted by Crippen LogP contribution is -2.44. The van der Waals surface area contributed by atoms with Gasteiger partial charge in [0.05, 0.1) is 18.8 Å². The highest BCUT2D eigenvalue weighted by molar-refractivity contribution is 9.10. The number of rotatable bonds is 10. The maximum atomic E-state index is 12.7. The normalized spacial score (nSPS) is 13.9. The van der Waals surface area contributed by atoms with Crippen molar-refractivity contribution in [3.63, 3.8) is 0 Å². The summed E-state index contributed by atoms with van der Waals surface area (Å²) in [4.78, 5) is 34.8. The van der Waals surface area contributed by atoms with Crippen molar-refractivity contribution in [2.24, 2.45) is 0 Å². The Morgan fingerprint density at radius 2 is 1.79 bits per heavy atom. The fourth-order valence-electron chi connectivity index (χ4n) is 2.65. The van der Waals surface area contributed by atoms with Crippen LogP contribution in [0.25, 0.3) is 0 Å². The molecule has 9 heteroatoms. The van der Waals surface area contributed by atoms with Crippen LogP contribution < -0.4 is 10.6 Å². The Morgan fingerprint density at radius 1 is 1.14 bits per heavy atom. The summed E-state index contributed by atoms with van der Waals surface area (Å²) >= 11 is 3.33. The first-order chi connectivity index (χ1) is 13.8. The fourth-order valence-corrected chi connectivity index (χ4v) is 3.95. The molecular weight excluding hydrogens is 459 g/mol. The highest BCUT2D eigenvalue weighted by Crippen LogP contribution is 2.42. The lowest BCUT2D eigenvalue weighted by molar-refractivity contribution is -0.120. The predicted molar refractivity (Wildman–Crippen MR) is 116 cm³/mol. The molecule has 7 nitrogen and oxygen atoms in total. The maximum absolute atomic E-state index is 12.7. The summed E-state index contributed by atoms with van der Waals surface area (Å²) in [5.41, 5.74) is 1.44. The number of hydrogen-bond donors (Lipinski definition) is 3. The average Bonchev–Trinajstić information content (AvgIpc) is 2.68. The first-order valence-electron chi connectivity index (χ1n) is 9.15. The maximum Gasteiger partial charge on any atom is 0.328 e. The molecule has 0 heterocycles. The van der Waals surface area contributed by atoms with Gasteiger partial charge in [-0.1, -0.05) is 46.3 Å². The van der Waals surface area contributed by atoms with E-state index in [0.29, 0.717) is 5.69 Å². The lowest BCUT2D eigenvalue weighted by Gasteiger charge is -2.19. The first kappa shape index (κ1) is 23.3. The Balaban J connectivity index is 2.05. The fraction of sp³-hybridized carbons (Fsp3) is 0.300. The van der Waals surface area contributed by atoms with Gasteiger partial charge in [-0.3, -0.25) is 9.36 Å². The van der Waals surface area contributed by atoms with E-state index in [1.165, 1.54) is 0 Å². The van der Waals surface area contributed by atoms with E-state index in [0.717, 1.165) is 10.0 Å². The zero-order valence-electron chi connectivity index (χ0n) is 16.0. The largest absolute Gasteiger partial charge is 0.328 e. The number of amides is 2. The van der Waals surface area contributed by atoms with E-state index in [-0.39, 0.29) is 31.4 Å². The Hall–Kier alpha value is -1.99. The zero-order valence-corrected chi connectivity index (χ0v) is 18.5. The molecule has 0 saturated carbocycles. The number of nitrogens with one attached hydrogen (secondary N) is 2. The molecule has 0 aliphatic heterocycles. The number of urea groups is 1. The van der Waals surface area contributed by atoms with Crippen LogP contribution in [-0.2, 0) is 20.3 Å². The number of hydrogen-bond acceptors (Lipinski definition) is 4. The van der Waals surface area contributed by atoms with Crippen LogP contribution in [0.15, 0.2) is 59.1 Å². The monoisotopic (exact) mass is 482 g/mol. The third-order valence-electron chi connectivity index (χ3n) is 4.05. The van der Waals surface area contributed by atoms with Gasteiger partial charge in [0.1, 0.15) is 0 Å². The van der Waals surface area contributed by atoms with E-state index in [1.807, 2.05) is 30.3 Å². The van der Waals surface area contributed by atoms with Crippen molar-refractivity contribution < 1.29 is 23.6 Å². The van der Waals surface area contributed by atoms with Crippen LogP contribution in [0.2, 0.25) is 0 Å². The van der Waals surface area contributed by atoms with Gasteiger partial charge >= 0.3 is 13.6 Å². The number of carbonyl (C=O) groups is 2. The molecule has 0 spiro atoms. The molecule has 0 bridgehead atoms. The summed E-state index contributed by atoms with van der Waals surface area (Å²) in [5, 5.41) is 5.35. The number of carbonyl (C=O) groups excluding carboxylic acids is 2. The Kier molecular flexibility index (Phi) is 9.04. The molecule has 1 unspecified atom stereocenters. The number of benzene rings is 2. The molecule has 2 atom stereocenters. The standard InChI is InChI=1S/C20H24BrN2O5P/c1-2-28-29(26,27)13-12-19(24)18(14-15-6-4-3-5-7-15)23-20(25)22-17-10-8-16(21)9-11-17/h3-11,18H,2,12-14H2,1H3,(H,26,27)(H2,22,23,25)/t18-/m0/s1. The van der Waals surface area contributed by atoms with E-state index in [1.54, 1.807) is 31.2 Å². The molecule has 0 radical (unpaired) electrons. The van der Waals surface area contributed by atoms with Crippen molar-refractivity contribution in [2.75, 3.05) is 18.1 Å². The molecular formula is C20H24BrN2O5P. The SMILES string of the molecule is CCOP(=O)(O)CCC(=O)[C@H](Cc1ccccc1)NC(=O)Nc1ccc(Br)cc1. The van der Waals surface area contributed by atoms with Crippen molar-refractivity contribution in [1.82, 2.24) is 5.32 Å². The van der Waals surface area contributed by atoms with Crippen LogP contribution >= 0.6 is 23.5 Å². The van der Waals surface area contributed by atoms with Crippen molar-refractivity contribution >= 4 is 41.0 Å². The van der Waals surface area contributed by atoms with Crippen LogP contribution in [0.3, 0.4) is 0 Å². The van der Waals surface area contributed by atoms with Gasteiger partial charge in [0.15, 0.2) is 5.78 Å². The molecule has 0 aliphatic carbocycles. The van der Waals surface area contributed by atoms with Crippen molar-refractivity contribution in [3.05, 3.63) is 64.6 Å². The molecule has 0 aliphatic rings. The summed E-state index contributed by atoms with van der Waals surface area (Å²) in [6.45, 7) is 1.69. The Labute approximate surface area is 178 Å². The van der Waals surface area contributed by atoms with Crippen molar-refractivity contribution in [2.45, 2.75) is 25.8 Å². The van der Waals surface area contributed by atoms with Crippen molar-refractivity contribution in [1.29, 1.82) is 0 Å². The van der Waals surface area contributed by atoms with Crippen molar-refractivity contribution in [3.8, 4) is 0 Å². The average molecular weight is 483 g/mol.